The summed E-state index contributed by atoms with van der Waals surface area (Å²) in [5.74, 6) is 0.262. The highest BCUT2D eigenvalue weighted by atomic mass is 16.3. The van der Waals surface area contributed by atoms with Gasteiger partial charge in [0.1, 0.15) is 5.75 Å². The molecule has 1 aromatic carbocycles. The number of likely N-dealkylation sites (N-methyl/N-ethyl adjacent to an activating group) is 1. The van der Waals surface area contributed by atoms with Crippen LogP contribution in [0.4, 0.5) is 0 Å². The van der Waals surface area contributed by atoms with E-state index in [1.165, 1.54) is 0 Å². The van der Waals surface area contributed by atoms with Gasteiger partial charge in [0, 0.05) is 24.7 Å². The smallest absolute Gasteiger partial charge is 0.254 e. The maximum Gasteiger partial charge on any atom is 0.254 e. The predicted octanol–water partition coefficient (Wildman–Crippen LogP) is 1.52. The largest absolute Gasteiger partial charge is 0.508 e. The van der Waals surface area contributed by atoms with Crippen molar-refractivity contribution in [1.29, 1.82) is 0 Å². The zero-order valence-corrected chi connectivity index (χ0v) is 10.9. The molecule has 0 radical (unpaired) electrons. The van der Waals surface area contributed by atoms with Gasteiger partial charge in [-0.15, -0.1) is 0 Å². The fourth-order valence-electron chi connectivity index (χ4n) is 2.52. The minimum Gasteiger partial charge on any atom is -0.508 e. The highest BCUT2D eigenvalue weighted by Crippen LogP contribution is 2.19. The van der Waals surface area contributed by atoms with E-state index in [-0.39, 0.29) is 17.7 Å². The molecule has 2 rings (SSSR count). The van der Waals surface area contributed by atoms with E-state index in [0.717, 1.165) is 25.1 Å². The summed E-state index contributed by atoms with van der Waals surface area (Å²) < 4.78 is 0. The molecule has 1 atom stereocenters. The van der Waals surface area contributed by atoms with Gasteiger partial charge in [-0.25, -0.2) is 0 Å². The van der Waals surface area contributed by atoms with E-state index in [1.807, 2.05) is 18.7 Å². The number of hydrogen-bond donors (Lipinski definition) is 2. The summed E-state index contributed by atoms with van der Waals surface area (Å²) in [6.07, 6.45) is 1.01. The number of nitrogens with zero attached hydrogens (tertiary/aromatic N) is 1. The van der Waals surface area contributed by atoms with Gasteiger partial charge in [-0.05, 0) is 50.6 Å². The quantitative estimate of drug-likeness (QED) is 0.853. The minimum absolute atomic E-state index is 0.0590. The van der Waals surface area contributed by atoms with Gasteiger partial charge in [0.05, 0.1) is 0 Å². The third kappa shape index (κ3) is 2.48. The summed E-state index contributed by atoms with van der Waals surface area (Å²) in [5, 5.41) is 12.7. The fraction of sp³-hybridized carbons (Fsp3) is 0.500. The van der Waals surface area contributed by atoms with Crippen molar-refractivity contribution in [3.8, 4) is 5.75 Å². The number of phenolic OH excluding ortho intramolecular Hbond substituents is 1. The predicted molar refractivity (Wildman–Crippen MR) is 70.8 cm³/mol. The molecule has 0 spiro atoms. The van der Waals surface area contributed by atoms with Crippen molar-refractivity contribution < 1.29 is 9.90 Å². The molecule has 1 aromatic rings. The van der Waals surface area contributed by atoms with Gasteiger partial charge in [-0.1, -0.05) is 0 Å². The average molecular weight is 248 g/mol. The summed E-state index contributed by atoms with van der Waals surface area (Å²) in [5.41, 5.74) is 1.51. The Balaban J connectivity index is 2.22. The second-order valence-electron chi connectivity index (χ2n) is 4.74. The maximum absolute atomic E-state index is 12.5. The van der Waals surface area contributed by atoms with E-state index in [2.05, 4.69) is 5.32 Å². The number of aryl methyl sites for hydroxylation is 1. The molecule has 0 bridgehead atoms. The second-order valence-corrected chi connectivity index (χ2v) is 4.74. The number of phenols is 1. The van der Waals surface area contributed by atoms with Gasteiger partial charge < -0.3 is 15.3 Å². The number of nitrogens with one attached hydrogen (secondary N) is 1. The molecule has 0 saturated carbocycles. The number of carbonyl (C=O) groups excluding carboxylic acids is 1. The summed E-state index contributed by atoms with van der Waals surface area (Å²) >= 11 is 0. The van der Waals surface area contributed by atoms with E-state index < -0.39 is 0 Å². The Morgan fingerprint density at radius 2 is 2.33 bits per heavy atom. The molecule has 18 heavy (non-hydrogen) atoms. The van der Waals surface area contributed by atoms with Crippen molar-refractivity contribution in [2.75, 3.05) is 19.6 Å². The molecule has 0 aromatic heterocycles. The Morgan fingerprint density at radius 3 is 2.89 bits per heavy atom. The molecule has 1 amide bonds. The molecule has 0 aliphatic carbocycles. The number of rotatable bonds is 3. The summed E-state index contributed by atoms with van der Waals surface area (Å²) in [7, 11) is 0. The fourth-order valence-corrected chi connectivity index (χ4v) is 2.52. The lowest BCUT2D eigenvalue weighted by Crippen LogP contribution is -2.41. The Kier molecular flexibility index (Phi) is 3.87. The normalized spacial score (nSPS) is 18.9. The van der Waals surface area contributed by atoms with E-state index in [4.69, 9.17) is 0 Å². The summed E-state index contributed by atoms with van der Waals surface area (Å²) in [4.78, 5) is 14.4. The van der Waals surface area contributed by atoms with Crippen LogP contribution < -0.4 is 5.32 Å². The van der Waals surface area contributed by atoms with Crippen LogP contribution in [-0.4, -0.2) is 41.6 Å². The van der Waals surface area contributed by atoms with Crippen LogP contribution in [0, 0.1) is 6.92 Å². The third-order valence-electron chi connectivity index (χ3n) is 3.52. The SMILES string of the molecule is CCN(C(=O)c1ccc(O)cc1C)C1CCNC1. The maximum atomic E-state index is 12.5. The standard InChI is InChI=1S/C14H20N2O2/c1-3-16(11-6-7-15-9-11)14(18)13-5-4-12(17)8-10(13)2/h4-5,8,11,15,17H,3,6-7,9H2,1-2H3. The topological polar surface area (TPSA) is 52.6 Å². The van der Waals surface area contributed by atoms with Crippen molar-refractivity contribution in [2.24, 2.45) is 0 Å². The van der Waals surface area contributed by atoms with Gasteiger partial charge >= 0.3 is 0 Å². The van der Waals surface area contributed by atoms with Crippen molar-refractivity contribution in [1.82, 2.24) is 10.2 Å². The minimum atomic E-state index is 0.0590. The molecule has 98 valence electrons. The van der Waals surface area contributed by atoms with Crippen LogP contribution in [0.25, 0.3) is 0 Å². The number of carbonyl (C=O) groups is 1. The lowest BCUT2D eigenvalue weighted by Gasteiger charge is -2.27. The van der Waals surface area contributed by atoms with Gasteiger partial charge in [0.2, 0.25) is 0 Å². The highest BCUT2D eigenvalue weighted by molar-refractivity contribution is 5.96. The van der Waals surface area contributed by atoms with Crippen LogP contribution >= 0.6 is 0 Å². The van der Waals surface area contributed by atoms with Crippen LogP contribution in [0.15, 0.2) is 18.2 Å². The van der Waals surface area contributed by atoms with Crippen LogP contribution in [0.3, 0.4) is 0 Å². The zero-order valence-electron chi connectivity index (χ0n) is 10.9. The lowest BCUT2D eigenvalue weighted by atomic mass is 10.1. The molecule has 1 aliphatic heterocycles. The number of amides is 1. The van der Waals surface area contributed by atoms with Crippen molar-refractivity contribution in [3.05, 3.63) is 29.3 Å². The highest BCUT2D eigenvalue weighted by Gasteiger charge is 2.26. The Hall–Kier alpha value is -1.55. The monoisotopic (exact) mass is 248 g/mol. The molecule has 1 fully saturated rings. The van der Waals surface area contributed by atoms with Gasteiger partial charge in [0.25, 0.3) is 5.91 Å². The summed E-state index contributed by atoms with van der Waals surface area (Å²) in [6.45, 7) is 6.42. The molecular formula is C14H20N2O2. The lowest BCUT2D eigenvalue weighted by molar-refractivity contribution is 0.0703. The molecule has 2 N–H and O–H groups in total. The first-order valence-corrected chi connectivity index (χ1v) is 6.44. The summed E-state index contributed by atoms with van der Waals surface area (Å²) in [6, 6.07) is 5.20. The molecular weight excluding hydrogens is 228 g/mol. The van der Waals surface area contributed by atoms with Crippen molar-refractivity contribution in [3.63, 3.8) is 0 Å². The number of aromatic hydroxyl groups is 1. The molecule has 1 aliphatic rings. The van der Waals surface area contributed by atoms with E-state index in [0.29, 0.717) is 12.1 Å². The molecule has 1 heterocycles. The van der Waals surface area contributed by atoms with Crippen molar-refractivity contribution >= 4 is 5.91 Å². The van der Waals surface area contributed by atoms with Crippen LogP contribution in [-0.2, 0) is 0 Å². The van der Waals surface area contributed by atoms with Crippen LogP contribution in [0.1, 0.15) is 29.3 Å². The Bertz CT molecular complexity index is 439. The van der Waals surface area contributed by atoms with Crippen LogP contribution in [0.2, 0.25) is 0 Å². The Labute approximate surface area is 108 Å². The average Bonchev–Trinajstić information content (AvgIpc) is 2.83. The van der Waals surface area contributed by atoms with Crippen LogP contribution in [0.5, 0.6) is 5.75 Å². The van der Waals surface area contributed by atoms with E-state index >= 15 is 0 Å². The number of hydrogen-bond acceptors (Lipinski definition) is 3. The first kappa shape index (κ1) is 12.9. The van der Waals surface area contributed by atoms with Crippen molar-refractivity contribution in [2.45, 2.75) is 26.3 Å². The van der Waals surface area contributed by atoms with Gasteiger partial charge in [0.15, 0.2) is 0 Å². The first-order valence-electron chi connectivity index (χ1n) is 6.44. The second kappa shape index (κ2) is 5.40. The van der Waals surface area contributed by atoms with E-state index in [9.17, 15) is 9.90 Å². The van der Waals surface area contributed by atoms with Gasteiger partial charge in [-0.2, -0.15) is 0 Å². The Morgan fingerprint density at radius 1 is 1.56 bits per heavy atom. The number of benzene rings is 1. The van der Waals surface area contributed by atoms with Gasteiger partial charge in [-0.3, -0.25) is 4.79 Å². The molecule has 4 heteroatoms. The third-order valence-corrected chi connectivity index (χ3v) is 3.52. The molecule has 4 nitrogen and oxygen atoms in total. The first-order chi connectivity index (χ1) is 8.63. The molecule has 1 unspecified atom stereocenters. The molecule has 1 saturated heterocycles. The van der Waals surface area contributed by atoms with E-state index in [1.54, 1.807) is 18.2 Å². The zero-order chi connectivity index (χ0) is 13.1.